The summed E-state index contributed by atoms with van der Waals surface area (Å²) in [4.78, 5) is 0. The molecule has 22 heavy (non-hydrogen) atoms. The molecule has 1 heterocycles. The van der Waals surface area contributed by atoms with E-state index in [1.165, 1.54) is 6.07 Å². The first-order valence-corrected chi connectivity index (χ1v) is 7.30. The highest BCUT2D eigenvalue weighted by molar-refractivity contribution is 5.37. The van der Waals surface area contributed by atoms with E-state index < -0.39 is 17.5 Å². The Morgan fingerprint density at radius 3 is 2.36 bits per heavy atom. The average molecular weight is 320 g/mol. The van der Waals surface area contributed by atoms with E-state index in [0.717, 1.165) is 12.1 Å². The van der Waals surface area contributed by atoms with Crippen LogP contribution in [0.3, 0.4) is 0 Å². The first-order chi connectivity index (χ1) is 10.2. The molecule has 0 aromatic heterocycles. The van der Waals surface area contributed by atoms with E-state index in [1.807, 2.05) is 13.8 Å². The van der Waals surface area contributed by atoms with Crippen molar-refractivity contribution in [2.45, 2.75) is 52.7 Å². The zero-order chi connectivity index (χ0) is 17.0. The molecule has 1 aliphatic rings. The first-order valence-electron chi connectivity index (χ1n) is 7.30. The highest BCUT2D eigenvalue weighted by atomic mass is 19.4. The van der Waals surface area contributed by atoms with Crippen LogP contribution in [0.2, 0.25) is 0 Å². The van der Waals surface area contributed by atoms with Crippen molar-refractivity contribution in [2.24, 2.45) is 0 Å². The van der Waals surface area contributed by atoms with Gasteiger partial charge in [0.15, 0.2) is 5.79 Å². The summed E-state index contributed by atoms with van der Waals surface area (Å²) in [7, 11) is 0. The molecular formula is C16H23F3O3. The van der Waals surface area contributed by atoms with Crippen LogP contribution in [0.4, 0.5) is 13.2 Å². The van der Waals surface area contributed by atoms with Crippen LogP contribution in [0.5, 0.6) is 5.75 Å². The van der Waals surface area contributed by atoms with Gasteiger partial charge in [-0.15, -0.1) is 0 Å². The average Bonchev–Trinajstić information content (AvgIpc) is 2.78. The molecular weight excluding hydrogens is 297 g/mol. The third kappa shape index (κ3) is 5.18. The summed E-state index contributed by atoms with van der Waals surface area (Å²) in [5.74, 6) is -0.213. The monoisotopic (exact) mass is 320 g/mol. The van der Waals surface area contributed by atoms with E-state index in [4.69, 9.17) is 14.2 Å². The van der Waals surface area contributed by atoms with Crippen LogP contribution in [0.1, 0.15) is 38.8 Å². The third-order valence-corrected chi connectivity index (χ3v) is 2.99. The van der Waals surface area contributed by atoms with Crippen LogP contribution < -0.4 is 4.74 Å². The molecule has 2 rings (SSSR count). The molecule has 1 saturated heterocycles. The Morgan fingerprint density at radius 1 is 1.27 bits per heavy atom. The maximum absolute atomic E-state index is 12.5. The third-order valence-electron chi connectivity index (χ3n) is 2.99. The lowest BCUT2D eigenvalue weighted by atomic mass is 10.1. The molecule has 1 unspecified atom stereocenters. The second-order valence-corrected chi connectivity index (χ2v) is 5.24. The molecule has 0 saturated carbocycles. The molecule has 0 spiro atoms. The second kappa shape index (κ2) is 7.33. The van der Waals surface area contributed by atoms with Gasteiger partial charge < -0.3 is 14.2 Å². The molecule has 1 fully saturated rings. The Kier molecular flexibility index (Phi) is 6.26. The van der Waals surface area contributed by atoms with Crippen LogP contribution in [0.15, 0.2) is 18.2 Å². The lowest BCUT2D eigenvalue weighted by Gasteiger charge is -2.18. The van der Waals surface area contributed by atoms with E-state index in [9.17, 15) is 13.2 Å². The number of ether oxygens (including phenoxy) is 3. The molecule has 1 aliphatic heterocycles. The number of alkyl halides is 3. The molecule has 0 aliphatic carbocycles. The number of hydrogen-bond acceptors (Lipinski definition) is 3. The Bertz CT molecular complexity index is 484. The maximum atomic E-state index is 12.5. The molecule has 0 amide bonds. The summed E-state index contributed by atoms with van der Waals surface area (Å²) >= 11 is 0. The lowest BCUT2D eigenvalue weighted by molar-refractivity contribution is -0.141. The zero-order valence-electron chi connectivity index (χ0n) is 13.6. The summed E-state index contributed by atoms with van der Waals surface area (Å²) in [6.07, 6.45) is -4.55. The Labute approximate surface area is 129 Å². The molecule has 0 N–H and O–H groups in total. The van der Waals surface area contributed by atoms with Crippen LogP contribution in [0, 0.1) is 6.92 Å². The van der Waals surface area contributed by atoms with Gasteiger partial charge in [0, 0.05) is 0 Å². The van der Waals surface area contributed by atoms with E-state index in [0.29, 0.717) is 17.9 Å². The molecule has 3 nitrogen and oxygen atoms in total. The van der Waals surface area contributed by atoms with E-state index in [2.05, 4.69) is 0 Å². The van der Waals surface area contributed by atoms with Crippen molar-refractivity contribution in [3.8, 4) is 5.75 Å². The van der Waals surface area contributed by atoms with E-state index in [-0.39, 0.29) is 12.7 Å². The summed E-state index contributed by atoms with van der Waals surface area (Å²) < 4.78 is 54.1. The van der Waals surface area contributed by atoms with Crippen molar-refractivity contribution in [1.29, 1.82) is 0 Å². The highest BCUT2D eigenvalue weighted by Gasteiger charge is 2.33. The van der Waals surface area contributed by atoms with Gasteiger partial charge in [-0.05, 0) is 44.5 Å². The maximum Gasteiger partial charge on any atom is 0.416 e. The van der Waals surface area contributed by atoms with Crippen LogP contribution in [0.25, 0.3) is 0 Å². The molecule has 126 valence electrons. The van der Waals surface area contributed by atoms with Crippen molar-refractivity contribution in [3.63, 3.8) is 0 Å². The van der Waals surface area contributed by atoms with Crippen molar-refractivity contribution >= 4 is 0 Å². The number of benzene rings is 1. The Hall–Kier alpha value is -1.27. The molecule has 1 atom stereocenters. The van der Waals surface area contributed by atoms with Crippen LogP contribution in [-0.4, -0.2) is 25.1 Å². The van der Waals surface area contributed by atoms with Crippen LogP contribution in [-0.2, 0) is 15.7 Å². The van der Waals surface area contributed by atoms with Crippen molar-refractivity contribution in [1.82, 2.24) is 0 Å². The standard InChI is InChI=1S/C14H17F3O3.C2H6/c1-9-6-10(14(15,16)17)4-5-12(9)18-7-11-8-19-13(2,3)20-11;1-2/h4-6,11H,7-8H2,1-3H3;1-2H3. The summed E-state index contributed by atoms with van der Waals surface area (Å²) in [6, 6.07) is 3.42. The molecule has 0 bridgehead atoms. The van der Waals surface area contributed by atoms with Gasteiger partial charge in [0.2, 0.25) is 0 Å². The van der Waals surface area contributed by atoms with Gasteiger partial charge in [-0.25, -0.2) is 0 Å². The minimum absolute atomic E-state index is 0.216. The van der Waals surface area contributed by atoms with Gasteiger partial charge >= 0.3 is 6.18 Å². The number of halogens is 3. The second-order valence-electron chi connectivity index (χ2n) is 5.24. The van der Waals surface area contributed by atoms with Crippen molar-refractivity contribution in [2.75, 3.05) is 13.2 Å². The minimum Gasteiger partial charge on any atom is -0.491 e. The topological polar surface area (TPSA) is 27.7 Å². The fraction of sp³-hybridized carbons (Fsp3) is 0.625. The van der Waals surface area contributed by atoms with Crippen LogP contribution >= 0.6 is 0 Å². The molecule has 1 aromatic rings. The number of rotatable bonds is 3. The summed E-state index contributed by atoms with van der Waals surface area (Å²) in [5, 5.41) is 0. The SMILES string of the molecule is CC.Cc1cc(C(F)(F)F)ccc1OCC1COC(C)(C)O1. The van der Waals surface area contributed by atoms with Gasteiger partial charge in [-0.1, -0.05) is 13.8 Å². The van der Waals surface area contributed by atoms with Crippen molar-refractivity contribution < 1.29 is 27.4 Å². The van der Waals surface area contributed by atoms with E-state index in [1.54, 1.807) is 20.8 Å². The largest absolute Gasteiger partial charge is 0.491 e. The normalized spacial score (nSPS) is 20.3. The van der Waals surface area contributed by atoms with Gasteiger partial charge in [0.25, 0.3) is 0 Å². The molecule has 1 aromatic carbocycles. The van der Waals surface area contributed by atoms with E-state index >= 15 is 0 Å². The van der Waals surface area contributed by atoms with Gasteiger partial charge in [0.1, 0.15) is 18.5 Å². The number of hydrogen-bond donors (Lipinski definition) is 0. The first kappa shape index (κ1) is 18.8. The lowest BCUT2D eigenvalue weighted by Crippen LogP contribution is -2.25. The van der Waals surface area contributed by atoms with Gasteiger partial charge in [-0.3, -0.25) is 0 Å². The molecule has 6 heteroatoms. The predicted octanol–water partition coefficient (Wildman–Crippen LogP) is 4.57. The minimum atomic E-state index is -4.34. The number of aryl methyl sites for hydroxylation is 1. The highest BCUT2D eigenvalue weighted by Crippen LogP contribution is 2.32. The van der Waals surface area contributed by atoms with Gasteiger partial charge in [0.05, 0.1) is 12.2 Å². The van der Waals surface area contributed by atoms with Gasteiger partial charge in [-0.2, -0.15) is 13.2 Å². The Morgan fingerprint density at radius 2 is 1.91 bits per heavy atom. The summed E-state index contributed by atoms with van der Waals surface area (Å²) in [5.41, 5.74) is -0.234. The fourth-order valence-electron chi connectivity index (χ4n) is 2.02. The zero-order valence-corrected chi connectivity index (χ0v) is 13.6. The summed E-state index contributed by atoms with van der Waals surface area (Å²) in [6.45, 7) is 9.84. The smallest absolute Gasteiger partial charge is 0.416 e. The molecule has 0 radical (unpaired) electrons. The fourth-order valence-corrected chi connectivity index (χ4v) is 2.02. The quantitative estimate of drug-likeness (QED) is 0.816. The Balaban J connectivity index is 0.00000116. The predicted molar refractivity (Wildman–Crippen MR) is 77.9 cm³/mol. The van der Waals surface area contributed by atoms with Crippen molar-refractivity contribution in [3.05, 3.63) is 29.3 Å².